The predicted octanol–water partition coefficient (Wildman–Crippen LogP) is 5.08. The molecule has 0 aliphatic carbocycles. The number of ketones is 1. The van der Waals surface area contributed by atoms with E-state index in [0.29, 0.717) is 25.0 Å². The van der Waals surface area contributed by atoms with Crippen LogP contribution in [-0.2, 0) is 17.6 Å². The number of nitrogens with two attached hydrogens (primary N) is 1. The summed E-state index contributed by atoms with van der Waals surface area (Å²) in [6.07, 6.45) is 2.12. The second kappa shape index (κ2) is 9.83. The number of ether oxygens (including phenoxy) is 1. The maximum atomic E-state index is 12.9. The Kier molecular flexibility index (Phi) is 7.78. The van der Waals surface area contributed by atoms with Crippen molar-refractivity contribution >= 4 is 33.0 Å². The number of hydrogen-bond acceptors (Lipinski definition) is 4. The summed E-state index contributed by atoms with van der Waals surface area (Å²) >= 11 is 3.52. The number of hydrazine groups is 1. The van der Waals surface area contributed by atoms with Gasteiger partial charge in [-0.25, -0.2) is 0 Å². The van der Waals surface area contributed by atoms with E-state index in [4.69, 9.17) is 10.6 Å². The highest BCUT2D eigenvalue weighted by molar-refractivity contribution is 9.10. The normalized spacial score (nSPS) is 10.7. The van der Waals surface area contributed by atoms with Gasteiger partial charge in [-0.15, -0.1) is 0 Å². The molecule has 0 radical (unpaired) electrons. The van der Waals surface area contributed by atoms with E-state index < -0.39 is 0 Å². The molecule has 144 valence electrons. The van der Waals surface area contributed by atoms with E-state index in [2.05, 4.69) is 47.0 Å². The van der Waals surface area contributed by atoms with E-state index in [1.165, 1.54) is 11.1 Å². The van der Waals surface area contributed by atoms with Gasteiger partial charge in [-0.1, -0.05) is 35.5 Å². The number of carbonyl (C=O) groups excluding carboxylic acids is 1. The Bertz CT molecular complexity index is 846. The van der Waals surface area contributed by atoms with Crippen molar-refractivity contribution in [1.29, 1.82) is 0 Å². The average Bonchev–Trinajstić information content (AvgIpc) is 2.66. The molecule has 0 bridgehead atoms. The molecule has 2 aromatic rings. The van der Waals surface area contributed by atoms with Crippen LogP contribution in [0.3, 0.4) is 0 Å². The number of Topliss-reactive ketones (excluding diaryl/α,β-unsaturated/α-hetero) is 1. The smallest absolute Gasteiger partial charge is 0.163 e. The van der Waals surface area contributed by atoms with Gasteiger partial charge in [-0.2, -0.15) is 0 Å². The second-order valence-electron chi connectivity index (χ2n) is 6.58. The van der Waals surface area contributed by atoms with Gasteiger partial charge in [-0.3, -0.25) is 10.6 Å². The Morgan fingerprint density at radius 1 is 1.22 bits per heavy atom. The monoisotopic (exact) mass is 430 g/mol. The Hall–Kier alpha value is -1.95. The highest BCUT2D eigenvalue weighted by atomic mass is 79.9. The van der Waals surface area contributed by atoms with Crippen LogP contribution in [0.2, 0.25) is 0 Å². The number of nitrogens with one attached hydrogen (secondary N) is 1. The van der Waals surface area contributed by atoms with Gasteiger partial charge in [0.25, 0.3) is 0 Å². The summed E-state index contributed by atoms with van der Waals surface area (Å²) < 4.78 is 6.21. The van der Waals surface area contributed by atoms with Crippen molar-refractivity contribution < 1.29 is 9.53 Å². The largest absolute Gasteiger partial charge is 0.380 e. The van der Waals surface area contributed by atoms with Crippen molar-refractivity contribution in [2.45, 2.75) is 33.1 Å². The van der Waals surface area contributed by atoms with Crippen molar-refractivity contribution in [3.05, 3.63) is 69.2 Å². The maximum Gasteiger partial charge on any atom is 0.163 e. The molecule has 2 rings (SSSR count). The van der Waals surface area contributed by atoms with Crippen molar-refractivity contribution in [1.82, 2.24) is 0 Å². The summed E-state index contributed by atoms with van der Waals surface area (Å²) in [6.45, 7) is 8.47. The number of benzene rings is 2. The molecule has 0 amide bonds. The van der Waals surface area contributed by atoms with Crippen molar-refractivity contribution in [3.63, 3.8) is 0 Å². The predicted molar refractivity (Wildman–Crippen MR) is 116 cm³/mol. The molecule has 0 unspecified atom stereocenters. The summed E-state index contributed by atoms with van der Waals surface area (Å²) in [7, 11) is 1.62. The molecule has 0 atom stereocenters. The van der Waals surface area contributed by atoms with Gasteiger partial charge in [0.05, 0.1) is 12.3 Å². The molecular formula is C22H27BrN2O2. The number of halogens is 1. The Morgan fingerprint density at radius 3 is 2.59 bits per heavy atom. The molecular weight excluding hydrogens is 404 g/mol. The molecule has 3 N–H and O–H groups in total. The van der Waals surface area contributed by atoms with Crippen LogP contribution in [0.4, 0.5) is 5.69 Å². The zero-order valence-electron chi connectivity index (χ0n) is 16.2. The minimum absolute atomic E-state index is 0.115. The number of methoxy groups -OCH3 is 1. The highest BCUT2D eigenvalue weighted by Gasteiger charge is 2.15. The van der Waals surface area contributed by atoms with Crippen LogP contribution in [0.1, 0.15) is 46.0 Å². The van der Waals surface area contributed by atoms with Gasteiger partial charge in [0.1, 0.15) is 0 Å². The number of nitrogen functional groups attached to an aromatic ring is 1. The lowest BCUT2D eigenvalue weighted by atomic mass is 9.93. The third-order valence-electron chi connectivity index (χ3n) is 4.69. The van der Waals surface area contributed by atoms with Crippen LogP contribution in [0, 0.1) is 6.92 Å². The fraction of sp³-hybridized carbons (Fsp3) is 0.318. The highest BCUT2D eigenvalue weighted by Crippen LogP contribution is 2.28. The van der Waals surface area contributed by atoms with E-state index >= 15 is 0 Å². The lowest BCUT2D eigenvalue weighted by Gasteiger charge is -2.15. The molecule has 0 spiro atoms. The quantitative estimate of drug-likeness (QED) is 0.330. The molecule has 0 saturated carbocycles. The number of hydrogen-bond donors (Lipinski definition) is 2. The molecule has 27 heavy (non-hydrogen) atoms. The van der Waals surface area contributed by atoms with E-state index in [9.17, 15) is 4.79 Å². The first-order valence-corrected chi connectivity index (χ1v) is 9.79. The maximum absolute atomic E-state index is 12.9. The van der Waals surface area contributed by atoms with Crippen LogP contribution < -0.4 is 11.3 Å². The molecule has 5 heteroatoms. The first kappa shape index (κ1) is 21.4. The average molecular weight is 431 g/mol. The first-order chi connectivity index (χ1) is 12.9. The van der Waals surface area contributed by atoms with Gasteiger partial charge in [0, 0.05) is 29.1 Å². The van der Waals surface area contributed by atoms with Crippen LogP contribution in [0.25, 0.3) is 5.57 Å². The molecule has 0 saturated heterocycles. The fourth-order valence-corrected chi connectivity index (χ4v) is 3.64. The fourth-order valence-electron chi connectivity index (χ4n) is 3.23. The van der Waals surface area contributed by atoms with Crippen molar-refractivity contribution in [2.75, 3.05) is 19.1 Å². The summed E-state index contributed by atoms with van der Waals surface area (Å²) in [6, 6.07) is 10.0. The second-order valence-corrected chi connectivity index (χ2v) is 7.50. The lowest BCUT2D eigenvalue weighted by molar-refractivity contribution is 0.0982. The Labute approximate surface area is 169 Å². The first-order valence-electron chi connectivity index (χ1n) is 9.00. The van der Waals surface area contributed by atoms with E-state index in [0.717, 1.165) is 33.3 Å². The van der Waals surface area contributed by atoms with Crippen LogP contribution in [0.5, 0.6) is 0 Å². The SMILES string of the molecule is C=C(COC)c1cc(C(=O)CCc2cc(Br)ccc2CC)c(C)cc1NN. The van der Waals surface area contributed by atoms with Gasteiger partial charge in [-0.05, 0) is 66.3 Å². The molecule has 0 aliphatic rings. The number of aryl methyl sites for hydroxylation is 3. The van der Waals surface area contributed by atoms with E-state index in [1.54, 1.807) is 7.11 Å². The standard InChI is InChI=1S/C22H27BrN2O2/c1-5-16-6-8-18(23)11-17(16)7-9-22(26)20-12-19(15(3)13-27-4)21(25-24)10-14(20)2/h6,8,10-12,25H,3,5,7,9,13,24H2,1-2,4H3. The van der Waals surface area contributed by atoms with Gasteiger partial charge in [0.15, 0.2) is 5.78 Å². The number of carbonyl (C=O) groups is 1. The Morgan fingerprint density at radius 2 is 1.96 bits per heavy atom. The van der Waals surface area contributed by atoms with Gasteiger partial charge < -0.3 is 10.2 Å². The van der Waals surface area contributed by atoms with Crippen LogP contribution in [-0.4, -0.2) is 19.5 Å². The number of rotatable bonds is 9. The summed E-state index contributed by atoms with van der Waals surface area (Å²) in [5, 5.41) is 0. The molecule has 4 nitrogen and oxygen atoms in total. The Balaban J connectivity index is 2.27. The van der Waals surface area contributed by atoms with Crippen LogP contribution >= 0.6 is 15.9 Å². The zero-order chi connectivity index (χ0) is 20.0. The third kappa shape index (κ3) is 5.28. The summed E-state index contributed by atoms with van der Waals surface area (Å²) in [5.41, 5.74) is 9.10. The van der Waals surface area contributed by atoms with Gasteiger partial charge >= 0.3 is 0 Å². The van der Waals surface area contributed by atoms with E-state index in [1.807, 2.05) is 25.1 Å². The minimum Gasteiger partial charge on any atom is -0.380 e. The lowest BCUT2D eigenvalue weighted by Crippen LogP contribution is -2.12. The molecule has 0 fully saturated rings. The number of anilines is 1. The third-order valence-corrected chi connectivity index (χ3v) is 5.18. The minimum atomic E-state index is 0.115. The zero-order valence-corrected chi connectivity index (χ0v) is 17.8. The van der Waals surface area contributed by atoms with Crippen molar-refractivity contribution in [3.8, 4) is 0 Å². The van der Waals surface area contributed by atoms with Crippen LogP contribution in [0.15, 0.2) is 41.4 Å². The van der Waals surface area contributed by atoms with Gasteiger partial charge in [0.2, 0.25) is 0 Å². The molecule has 0 aliphatic heterocycles. The van der Waals surface area contributed by atoms with E-state index in [-0.39, 0.29) is 5.78 Å². The molecule has 2 aromatic carbocycles. The molecule has 0 heterocycles. The topological polar surface area (TPSA) is 64.3 Å². The summed E-state index contributed by atoms with van der Waals surface area (Å²) in [5.74, 6) is 5.75. The molecule has 0 aromatic heterocycles. The summed E-state index contributed by atoms with van der Waals surface area (Å²) in [4.78, 5) is 12.9. The van der Waals surface area contributed by atoms with Crippen molar-refractivity contribution in [2.24, 2.45) is 5.84 Å².